The standard InChI is InChI=1S/C11H12BrF/c1-2-3-4-11(13)9-5-7-10(12)8-6-9/h4-8H,2-3H2,1H3. The lowest BCUT2D eigenvalue weighted by Crippen LogP contribution is -1.77. The van der Waals surface area contributed by atoms with Crippen LogP contribution in [-0.2, 0) is 0 Å². The normalized spacial score (nSPS) is 11.8. The van der Waals surface area contributed by atoms with Gasteiger partial charge in [-0.05, 0) is 24.6 Å². The number of allylic oxidation sites excluding steroid dienone is 1. The Kier molecular flexibility index (Phi) is 4.16. The molecule has 1 aromatic rings. The Bertz CT molecular complexity index is 287. The fourth-order valence-electron chi connectivity index (χ4n) is 0.998. The van der Waals surface area contributed by atoms with Crippen molar-refractivity contribution in [1.82, 2.24) is 0 Å². The highest BCUT2D eigenvalue weighted by molar-refractivity contribution is 9.10. The Labute approximate surface area is 86.6 Å². The van der Waals surface area contributed by atoms with Gasteiger partial charge in [0.15, 0.2) is 0 Å². The number of benzene rings is 1. The molecule has 0 aliphatic carbocycles. The third-order valence-corrected chi connectivity index (χ3v) is 2.26. The maximum atomic E-state index is 13.3. The van der Waals surface area contributed by atoms with Gasteiger partial charge in [0.05, 0.1) is 0 Å². The SMILES string of the molecule is CCCC=C(F)c1ccc(Br)cc1. The van der Waals surface area contributed by atoms with Crippen molar-refractivity contribution in [3.63, 3.8) is 0 Å². The largest absolute Gasteiger partial charge is 0.207 e. The highest BCUT2D eigenvalue weighted by atomic mass is 79.9. The van der Waals surface area contributed by atoms with E-state index < -0.39 is 0 Å². The average molecular weight is 243 g/mol. The summed E-state index contributed by atoms with van der Waals surface area (Å²) in [5.74, 6) is -0.130. The van der Waals surface area contributed by atoms with Crippen molar-refractivity contribution in [1.29, 1.82) is 0 Å². The molecule has 0 unspecified atom stereocenters. The van der Waals surface area contributed by atoms with Crippen LogP contribution in [0.5, 0.6) is 0 Å². The minimum absolute atomic E-state index is 0.130. The molecule has 0 nitrogen and oxygen atoms in total. The number of hydrogen-bond donors (Lipinski definition) is 0. The summed E-state index contributed by atoms with van der Waals surface area (Å²) in [5.41, 5.74) is 0.650. The Hall–Kier alpha value is -0.630. The molecule has 0 heterocycles. The van der Waals surface area contributed by atoms with E-state index in [-0.39, 0.29) is 5.83 Å². The van der Waals surface area contributed by atoms with Gasteiger partial charge in [-0.2, -0.15) is 0 Å². The molecule has 0 fully saturated rings. The summed E-state index contributed by atoms with van der Waals surface area (Å²) in [6, 6.07) is 7.22. The Morgan fingerprint density at radius 3 is 2.54 bits per heavy atom. The topological polar surface area (TPSA) is 0 Å². The number of halogens is 2. The zero-order valence-electron chi connectivity index (χ0n) is 7.56. The first kappa shape index (κ1) is 10.5. The first-order valence-electron chi connectivity index (χ1n) is 4.35. The van der Waals surface area contributed by atoms with Crippen LogP contribution in [0.2, 0.25) is 0 Å². The van der Waals surface area contributed by atoms with Gasteiger partial charge in [0.2, 0.25) is 0 Å². The number of unbranched alkanes of at least 4 members (excludes halogenated alkanes) is 1. The van der Waals surface area contributed by atoms with Crippen molar-refractivity contribution in [3.8, 4) is 0 Å². The monoisotopic (exact) mass is 242 g/mol. The van der Waals surface area contributed by atoms with Crippen LogP contribution in [0, 0.1) is 0 Å². The van der Waals surface area contributed by atoms with Gasteiger partial charge in [-0.25, -0.2) is 4.39 Å². The maximum absolute atomic E-state index is 13.3. The van der Waals surface area contributed by atoms with E-state index in [1.807, 2.05) is 19.1 Å². The molecule has 0 aliphatic heterocycles. The number of hydrogen-bond acceptors (Lipinski definition) is 0. The first-order valence-corrected chi connectivity index (χ1v) is 5.15. The molecule has 1 aromatic carbocycles. The molecular formula is C11H12BrF. The third-order valence-electron chi connectivity index (χ3n) is 1.73. The van der Waals surface area contributed by atoms with Crippen LogP contribution >= 0.6 is 15.9 Å². The predicted molar refractivity (Wildman–Crippen MR) is 58.1 cm³/mol. The van der Waals surface area contributed by atoms with Gasteiger partial charge in [-0.15, -0.1) is 0 Å². The van der Waals surface area contributed by atoms with E-state index >= 15 is 0 Å². The minimum Gasteiger partial charge on any atom is -0.207 e. The van der Waals surface area contributed by atoms with Gasteiger partial charge in [-0.1, -0.05) is 41.4 Å². The van der Waals surface area contributed by atoms with Crippen LogP contribution in [0.4, 0.5) is 4.39 Å². The predicted octanol–water partition coefficient (Wildman–Crippen LogP) is 4.56. The van der Waals surface area contributed by atoms with E-state index in [1.165, 1.54) is 0 Å². The van der Waals surface area contributed by atoms with Crippen molar-refractivity contribution in [3.05, 3.63) is 40.4 Å². The molecule has 2 heteroatoms. The highest BCUT2D eigenvalue weighted by Crippen LogP contribution is 2.19. The molecule has 0 N–H and O–H groups in total. The van der Waals surface area contributed by atoms with Gasteiger partial charge in [0.1, 0.15) is 5.83 Å². The van der Waals surface area contributed by atoms with Crippen molar-refractivity contribution in [2.45, 2.75) is 19.8 Å². The van der Waals surface area contributed by atoms with Crippen LogP contribution in [-0.4, -0.2) is 0 Å². The van der Waals surface area contributed by atoms with Crippen LogP contribution in [0.25, 0.3) is 5.83 Å². The maximum Gasteiger partial charge on any atom is 0.126 e. The lowest BCUT2D eigenvalue weighted by Gasteiger charge is -1.97. The van der Waals surface area contributed by atoms with Crippen molar-refractivity contribution < 1.29 is 4.39 Å². The second-order valence-electron chi connectivity index (χ2n) is 2.85. The summed E-state index contributed by atoms with van der Waals surface area (Å²) in [7, 11) is 0. The van der Waals surface area contributed by atoms with E-state index in [2.05, 4.69) is 15.9 Å². The van der Waals surface area contributed by atoms with E-state index in [0.29, 0.717) is 5.56 Å². The second-order valence-corrected chi connectivity index (χ2v) is 3.76. The molecule has 0 saturated carbocycles. The van der Waals surface area contributed by atoms with Crippen molar-refractivity contribution in [2.75, 3.05) is 0 Å². The van der Waals surface area contributed by atoms with Gasteiger partial charge in [-0.3, -0.25) is 0 Å². The summed E-state index contributed by atoms with van der Waals surface area (Å²) in [6.07, 6.45) is 3.40. The Balaban J connectivity index is 2.77. The molecule has 0 spiro atoms. The molecule has 0 aromatic heterocycles. The molecular weight excluding hydrogens is 231 g/mol. The summed E-state index contributed by atoms with van der Waals surface area (Å²) in [5, 5.41) is 0. The fraction of sp³-hybridized carbons (Fsp3) is 0.273. The summed E-state index contributed by atoms with van der Waals surface area (Å²) in [6.45, 7) is 2.03. The van der Waals surface area contributed by atoms with Crippen molar-refractivity contribution in [2.24, 2.45) is 0 Å². The molecule has 0 radical (unpaired) electrons. The quantitative estimate of drug-likeness (QED) is 0.729. The summed E-state index contributed by atoms with van der Waals surface area (Å²) in [4.78, 5) is 0. The zero-order chi connectivity index (χ0) is 9.68. The second kappa shape index (κ2) is 5.18. The first-order chi connectivity index (χ1) is 6.24. The average Bonchev–Trinajstić information content (AvgIpc) is 2.15. The van der Waals surface area contributed by atoms with E-state index in [1.54, 1.807) is 18.2 Å². The molecule has 0 amide bonds. The van der Waals surface area contributed by atoms with Gasteiger partial charge < -0.3 is 0 Å². The Morgan fingerprint density at radius 2 is 2.00 bits per heavy atom. The molecule has 13 heavy (non-hydrogen) atoms. The lowest BCUT2D eigenvalue weighted by atomic mass is 10.2. The lowest BCUT2D eigenvalue weighted by molar-refractivity contribution is 0.750. The summed E-state index contributed by atoms with van der Waals surface area (Å²) >= 11 is 3.31. The molecule has 0 aliphatic rings. The van der Waals surface area contributed by atoms with Gasteiger partial charge in [0, 0.05) is 10.0 Å². The van der Waals surface area contributed by atoms with Crippen LogP contribution in [0.1, 0.15) is 25.3 Å². The molecule has 1 rings (SSSR count). The molecule has 0 saturated heterocycles. The number of rotatable bonds is 3. The highest BCUT2D eigenvalue weighted by Gasteiger charge is 1.97. The molecule has 0 bridgehead atoms. The van der Waals surface area contributed by atoms with Gasteiger partial charge in [0.25, 0.3) is 0 Å². The van der Waals surface area contributed by atoms with E-state index in [9.17, 15) is 4.39 Å². The van der Waals surface area contributed by atoms with Crippen LogP contribution in [0.3, 0.4) is 0 Å². The smallest absolute Gasteiger partial charge is 0.126 e. The minimum atomic E-state index is -0.130. The van der Waals surface area contributed by atoms with Crippen LogP contribution in [0.15, 0.2) is 34.8 Å². The molecule has 70 valence electrons. The fourth-order valence-corrected chi connectivity index (χ4v) is 1.26. The molecule has 0 atom stereocenters. The van der Waals surface area contributed by atoms with Crippen LogP contribution < -0.4 is 0 Å². The summed E-state index contributed by atoms with van der Waals surface area (Å²) < 4.78 is 14.3. The third kappa shape index (κ3) is 3.31. The van der Waals surface area contributed by atoms with E-state index in [0.717, 1.165) is 17.3 Å². The Morgan fingerprint density at radius 1 is 1.38 bits per heavy atom. The zero-order valence-corrected chi connectivity index (χ0v) is 9.14. The van der Waals surface area contributed by atoms with Crippen molar-refractivity contribution >= 4 is 21.8 Å². The van der Waals surface area contributed by atoms with Gasteiger partial charge >= 0.3 is 0 Å². The van der Waals surface area contributed by atoms with E-state index in [4.69, 9.17) is 0 Å².